The van der Waals surface area contributed by atoms with Crippen molar-refractivity contribution in [3.8, 4) is 0 Å². The molecule has 0 aromatic heterocycles. The molecule has 2 atom stereocenters. The van der Waals surface area contributed by atoms with E-state index in [1.54, 1.807) is 0 Å². The Bertz CT molecular complexity index is 261. The lowest BCUT2D eigenvalue weighted by Crippen LogP contribution is -2.45. The van der Waals surface area contributed by atoms with Crippen LogP contribution in [0.15, 0.2) is 0 Å². The summed E-state index contributed by atoms with van der Waals surface area (Å²) < 4.78 is 0. The minimum Gasteiger partial charge on any atom is -0.344 e. The highest BCUT2D eigenvalue weighted by atomic mass is 16.2. The molecule has 1 saturated carbocycles. The van der Waals surface area contributed by atoms with Gasteiger partial charge >= 0.3 is 0 Å². The van der Waals surface area contributed by atoms with Crippen LogP contribution in [0.1, 0.15) is 45.4 Å². The van der Waals surface area contributed by atoms with Gasteiger partial charge in [-0.1, -0.05) is 26.2 Å². The number of carbonyl (C=O) groups excluding carboxylic acids is 1. The molecule has 1 heterocycles. The first-order valence-electron chi connectivity index (χ1n) is 7.17. The summed E-state index contributed by atoms with van der Waals surface area (Å²) in [4.78, 5) is 14.3. The highest BCUT2D eigenvalue weighted by Crippen LogP contribution is 2.25. The Morgan fingerprint density at radius 2 is 1.94 bits per heavy atom. The van der Waals surface area contributed by atoms with Crippen molar-refractivity contribution in [1.82, 2.24) is 10.2 Å². The number of amides is 1. The Morgan fingerprint density at radius 3 is 2.53 bits per heavy atom. The number of nitrogens with zero attached hydrogens (tertiary/aromatic N) is 1. The summed E-state index contributed by atoms with van der Waals surface area (Å²) in [6, 6.07) is 0.0728. The van der Waals surface area contributed by atoms with Gasteiger partial charge < -0.3 is 10.2 Å². The van der Waals surface area contributed by atoms with Gasteiger partial charge in [-0.15, -0.1) is 0 Å². The zero-order chi connectivity index (χ0) is 12.3. The van der Waals surface area contributed by atoms with Crippen molar-refractivity contribution >= 4 is 5.91 Å². The lowest BCUT2D eigenvalue weighted by molar-refractivity contribution is -0.133. The minimum absolute atomic E-state index is 0.0728. The molecule has 3 heteroatoms. The maximum atomic E-state index is 12.3. The van der Waals surface area contributed by atoms with Crippen LogP contribution in [0.5, 0.6) is 0 Å². The number of likely N-dealkylation sites (N-methyl/N-ethyl adjacent to an activating group) is 1. The van der Waals surface area contributed by atoms with Crippen LogP contribution in [-0.2, 0) is 4.79 Å². The largest absolute Gasteiger partial charge is 0.344 e. The molecule has 98 valence electrons. The van der Waals surface area contributed by atoms with E-state index in [1.165, 1.54) is 32.1 Å². The molecule has 2 aliphatic rings. The first-order valence-corrected chi connectivity index (χ1v) is 7.17. The highest BCUT2D eigenvalue weighted by molar-refractivity contribution is 5.82. The van der Waals surface area contributed by atoms with Crippen molar-refractivity contribution in [3.63, 3.8) is 0 Å². The van der Waals surface area contributed by atoms with Gasteiger partial charge in [-0.3, -0.25) is 4.79 Å². The standard InChI is InChI=1S/C14H26N2O/c1-11-8-9-15-13(11)14(17)16(2)10-12-6-4-3-5-7-12/h11-13,15H,3-10H2,1-2H3. The fourth-order valence-corrected chi connectivity index (χ4v) is 3.25. The van der Waals surface area contributed by atoms with E-state index in [2.05, 4.69) is 12.2 Å². The molecule has 1 amide bonds. The van der Waals surface area contributed by atoms with Crippen molar-refractivity contribution < 1.29 is 4.79 Å². The maximum Gasteiger partial charge on any atom is 0.239 e. The van der Waals surface area contributed by atoms with Crippen molar-refractivity contribution in [3.05, 3.63) is 0 Å². The molecule has 1 aliphatic heterocycles. The molecule has 0 spiro atoms. The van der Waals surface area contributed by atoms with E-state index in [1.807, 2.05) is 11.9 Å². The molecule has 0 bridgehead atoms. The minimum atomic E-state index is 0.0728. The van der Waals surface area contributed by atoms with Gasteiger partial charge in [-0.2, -0.15) is 0 Å². The number of rotatable bonds is 3. The molecule has 1 aliphatic carbocycles. The van der Waals surface area contributed by atoms with E-state index in [-0.39, 0.29) is 6.04 Å². The van der Waals surface area contributed by atoms with E-state index >= 15 is 0 Å². The fourth-order valence-electron chi connectivity index (χ4n) is 3.25. The predicted octanol–water partition coefficient (Wildman–Crippen LogP) is 2.02. The Labute approximate surface area is 105 Å². The molecule has 0 aromatic rings. The molecular formula is C14H26N2O. The van der Waals surface area contributed by atoms with E-state index in [0.29, 0.717) is 11.8 Å². The molecule has 2 rings (SSSR count). The van der Waals surface area contributed by atoms with Gasteiger partial charge in [0.05, 0.1) is 6.04 Å². The van der Waals surface area contributed by atoms with Gasteiger partial charge in [0.25, 0.3) is 0 Å². The maximum absolute atomic E-state index is 12.3. The van der Waals surface area contributed by atoms with Crippen molar-refractivity contribution in [2.45, 2.75) is 51.5 Å². The second-order valence-electron chi connectivity index (χ2n) is 5.92. The van der Waals surface area contributed by atoms with Crippen LogP contribution in [0.25, 0.3) is 0 Å². The van der Waals surface area contributed by atoms with Crippen LogP contribution in [-0.4, -0.2) is 37.0 Å². The number of carbonyl (C=O) groups is 1. The van der Waals surface area contributed by atoms with Crippen LogP contribution < -0.4 is 5.32 Å². The summed E-state index contributed by atoms with van der Waals surface area (Å²) in [7, 11) is 1.98. The summed E-state index contributed by atoms with van der Waals surface area (Å²) in [6.07, 6.45) is 7.84. The van der Waals surface area contributed by atoms with Crippen molar-refractivity contribution in [2.24, 2.45) is 11.8 Å². The van der Waals surface area contributed by atoms with Crippen LogP contribution in [0.3, 0.4) is 0 Å². The Hall–Kier alpha value is -0.570. The molecule has 2 fully saturated rings. The lowest BCUT2D eigenvalue weighted by atomic mass is 9.89. The normalized spacial score (nSPS) is 30.5. The van der Waals surface area contributed by atoms with Gasteiger partial charge in [-0.05, 0) is 37.6 Å². The Morgan fingerprint density at radius 1 is 1.24 bits per heavy atom. The number of hydrogen-bond donors (Lipinski definition) is 1. The summed E-state index contributed by atoms with van der Waals surface area (Å²) >= 11 is 0. The van der Waals surface area contributed by atoms with Gasteiger partial charge in [0.15, 0.2) is 0 Å². The summed E-state index contributed by atoms with van der Waals surface area (Å²) in [5.74, 6) is 1.55. The zero-order valence-electron chi connectivity index (χ0n) is 11.2. The van der Waals surface area contributed by atoms with E-state index in [0.717, 1.165) is 25.4 Å². The molecule has 1 saturated heterocycles. The number of nitrogens with one attached hydrogen (secondary N) is 1. The van der Waals surface area contributed by atoms with Crippen LogP contribution >= 0.6 is 0 Å². The van der Waals surface area contributed by atoms with Crippen LogP contribution in [0, 0.1) is 11.8 Å². The molecule has 17 heavy (non-hydrogen) atoms. The third-order valence-corrected chi connectivity index (χ3v) is 4.43. The van der Waals surface area contributed by atoms with Crippen molar-refractivity contribution in [2.75, 3.05) is 20.1 Å². The third kappa shape index (κ3) is 3.21. The summed E-state index contributed by atoms with van der Waals surface area (Å²) in [5, 5.41) is 3.33. The van der Waals surface area contributed by atoms with E-state index < -0.39 is 0 Å². The van der Waals surface area contributed by atoms with E-state index in [9.17, 15) is 4.79 Å². The Balaban J connectivity index is 1.81. The smallest absolute Gasteiger partial charge is 0.239 e. The number of hydrogen-bond acceptors (Lipinski definition) is 2. The van der Waals surface area contributed by atoms with Crippen molar-refractivity contribution in [1.29, 1.82) is 0 Å². The Kier molecular flexibility index (Phi) is 4.43. The highest BCUT2D eigenvalue weighted by Gasteiger charge is 2.32. The predicted molar refractivity (Wildman–Crippen MR) is 69.8 cm³/mol. The van der Waals surface area contributed by atoms with E-state index in [4.69, 9.17) is 0 Å². The van der Waals surface area contributed by atoms with Gasteiger partial charge in [-0.25, -0.2) is 0 Å². The first-order chi connectivity index (χ1) is 8.18. The summed E-state index contributed by atoms with van der Waals surface area (Å²) in [6.45, 7) is 4.13. The summed E-state index contributed by atoms with van der Waals surface area (Å²) in [5.41, 5.74) is 0. The second kappa shape index (κ2) is 5.85. The van der Waals surface area contributed by atoms with Gasteiger partial charge in [0, 0.05) is 13.6 Å². The molecule has 2 unspecified atom stereocenters. The van der Waals surface area contributed by atoms with Gasteiger partial charge in [0.1, 0.15) is 0 Å². The zero-order valence-corrected chi connectivity index (χ0v) is 11.2. The van der Waals surface area contributed by atoms with Gasteiger partial charge in [0.2, 0.25) is 5.91 Å². The molecule has 0 aromatic carbocycles. The quantitative estimate of drug-likeness (QED) is 0.816. The lowest BCUT2D eigenvalue weighted by Gasteiger charge is -2.29. The molecule has 1 N–H and O–H groups in total. The fraction of sp³-hybridized carbons (Fsp3) is 0.929. The average molecular weight is 238 g/mol. The topological polar surface area (TPSA) is 32.3 Å². The van der Waals surface area contributed by atoms with Crippen LogP contribution in [0.4, 0.5) is 0 Å². The third-order valence-electron chi connectivity index (χ3n) is 4.43. The average Bonchev–Trinajstić information content (AvgIpc) is 2.76. The SMILES string of the molecule is CC1CCNC1C(=O)N(C)CC1CCCCC1. The van der Waals surface area contributed by atoms with Crippen LogP contribution in [0.2, 0.25) is 0 Å². The monoisotopic (exact) mass is 238 g/mol. The first kappa shape index (κ1) is 12.9. The molecule has 0 radical (unpaired) electrons. The second-order valence-corrected chi connectivity index (χ2v) is 5.92. The molecular weight excluding hydrogens is 212 g/mol. The molecule has 3 nitrogen and oxygen atoms in total.